The molecule has 164 valence electrons. The van der Waals surface area contributed by atoms with Crippen LogP contribution in [0.3, 0.4) is 0 Å². The largest absolute Gasteiger partial charge is 0.496 e. The maximum atomic E-state index is 6.59. The lowest BCUT2D eigenvalue weighted by Crippen LogP contribution is -2.41. The Hall–Kier alpha value is -1.84. The van der Waals surface area contributed by atoms with Gasteiger partial charge in [0.05, 0.1) is 11.2 Å². The Labute approximate surface area is 188 Å². The summed E-state index contributed by atoms with van der Waals surface area (Å²) < 4.78 is 13.2. The smallest absolute Gasteiger partial charge is 0.399 e. The SMILES string of the molecule is CCCCc1ccc2cc3ccc(CCCC)cc3c(B3OC(C)(C)C(C)(C)O3)c2c1. The summed E-state index contributed by atoms with van der Waals surface area (Å²) >= 11 is 0. The molecule has 3 aromatic carbocycles. The van der Waals surface area contributed by atoms with E-state index in [0.29, 0.717) is 0 Å². The van der Waals surface area contributed by atoms with Crippen LogP contribution in [0.2, 0.25) is 0 Å². The van der Waals surface area contributed by atoms with Gasteiger partial charge in [-0.3, -0.25) is 0 Å². The van der Waals surface area contributed by atoms with Crippen LogP contribution in [0.5, 0.6) is 0 Å². The fraction of sp³-hybridized carbons (Fsp3) is 0.500. The number of rotatable bonds is 7. The number of hydrogen-bond acceptors (Lipinski definition) is 2. The molecule has 0 radical (unpaired) electrons. The van der Waals surface area contributed by atoms with Crippen molar-refractivity contribution in [3.63, 3.8) is 0 Å². The van der Waals surface area contributed by atoms with Crippen LogP contribution < -0.4 is 5.46 Å². The molecule has 4 rings (SSSR count). The Morgan fingerprint density at radius 2 is 1.13 bits per heavy atom. The molecule has 0 aliphatic carbocycles. The van der Waals surface area contributed by atoms with Gasteiger partial charge in [0.15, 0.2) is 0 Å². The van der Waals surface area contributed by atoms with Gasteiger partial charge in [0, 0.05) is 0 Å². The lowest BCUT2D eigenvalue weighted by molar-refractivity contribution is 0.00578. The topological polar surface area (TPSA) is 18.5 Å². The van der Waals surface area contributed by atoms with E-state index >= 15 is 0 Å². The van der Waals surface area contributed by atoms with Crippen molar-refractivity contribution in [2.45, 2.75) is 91.3 Å². The van der Waals surface area contributed by atoms with Crippen LogP contribution >= 0.6 is 0 Å². The molecule has 31 heavy (non-hydrogen) atoms. The Bertz CT molecular complexity index is 1000. The monoisotopic (exact) mass is 416 g/mol. The van der Waals surface area contributed by atoms with Gasteiger partial charge < -0.3 is 9.31 Å². The molecule has 0 unspecified atom stereocenters. The van der Waals surface area contributed by atoms with E-state index in [2.05, 4.69) is 84.0 Å². The second-order valence-electron chi connectivity index (χ2n) is 10.2. The minimum Gasteiger partial charge on any atom is -0.399 e. The molecule has 1 aliphatic rings. The predicted octanol–water partition coefficient (Wildman–Crippen LogP) is 6.98. The van der Waals surface area contributed by atoms with Gasteiger partial charge in [0.1, 0.15) is 0 Å². The molecule has 0 amide bonds. The van der Waals surface area contributed by atoms with Crippen LogP contribution in [0.1, 0.15) is 78.4 Å². The van der Waals surface area contributed by atoms with Crippen molar-refractivity contribution in [2.75, 3.05) is 0 Å². The van der Waals surface area contributed by atoms with Crippen LogP contribution in [0.25, 0.3) is 21.5 Å². The van der Waals surface area contributed by atoms with E-state index in [-0.39, 0.29) is 18.3 Å². The van der Waals surface area contributed by atoms with Crippen molar-refractivity contribution in [1.82, 2.24) is 0 Å². The highest BCUT2D eigenvalue weighted by atomic mass is 16.7. The van der Waals surface area contributed by atoms with Gasteiger partial charge in [-0.25, -0.2) is 0 Å². The van der Waals surface area contributed by atoms with Gasteiger partial charge in [-0.1, -0.05) is 63.1 Å². The molecule has 3 aromatic rings. The Kier molecular flexibility index (Phi) is 6.20. The maximum absolute atomic E-state index is 6.59. The fourth-order valence-electron chi connectivity index (χ4n) is 4.53. The average molecular weight is 416 g/mol. The lowest BCUT2D eigenvalue weighted by atomic mass is 9.72. The van der Waals surface area contributed by atoms with Gasteiger partial charge in [0.25, 0.3) is 0 Å². The van der Waals surface area contributed by atoms with E-state index in [1.165, 1.54) is 63.8 Å². The molecule has 1 saturated heterocycles. The second kappa shape index (κ2) is 8.60. The zero-order valence-corrected chi connectivity index (χ0v) is 20.2. The van der Waals surface area contributed by atoms with Gasteiger partial charge in [-0.2, -0.15) is 0 Å². The van der Waals surface area contributed by atoms with E-state index in [9.17, 15) is 0 Å². The average Bonchev–Trinajstić information content (AvgIpc) is 2.95. The molecular weight excluding hydrogens is 379 g/mol. The molecule has 0 aromatic heterocycles. The first-order chi connectivity index (χ1) is 14.8. The highest BCUT2D eigenvalue weighted by Gasteiger charge is 2.52. The zero-order chi connectivity index (χ0) is 22.2. The predicted molar refractivity (Wildman–Crippen MR) is 134 cm³/mol. The van der Waals surface area contributed by atoms with Gasteiger partial charge in [-0.15, -0.1) is 0 Å². The summed E-state index contributed by atoms with van der Waals surface area (Å²) in [6.45, 7) is 13.1. The van der Waals surface area contributed by atoms with E-state index in [4.69, 9.17) is 9.31 Å². The minimum absolute atomic E-state index is 0.355. The van der Waals surface area contributed by atoms with Crippen molar-refractivity contribution in [3.8, 4) is 0 Å². The van der Waals surface area contributed by atoms with Crippen LogP contribution in [-0.2, 0) is 22.2 Å². The number of fused-ring (bicyclic) bond motifs is 2. The summed E-state index contributed by atoms with van der Waals surface area (Å²) in [4.78, 5) is 0. The third-order valence-electron chi connectivity index (χ3n) is 7.25. The van der Waals surface area contributed by atoms with E-state index < -0.39 is 0 Å². The van der Waals surface area contributed by atoms with Crippen molar-refractivity contribution in [3.05, 3.63) is 53.6 Å². The van der Waals surface area contributed by atoms with Crippen molar-refractivity contribution in [1.29, 1.82) is 0 Å². The molecule has 1 fully saturated rings. The van der Waals surface area contributed by atoms with E-state index in [0.717, 1.165) is 12.8 Å². The van der Waals surface area contributed by atoms with Crippen LogP contribution in [-0.4, -0.2) is 18.3 Å². The quantitative estimate of drug-likeness (QED) is 0.306. The molecule has 3 heteroatoms. The zero-order valence-electron chi connectivity index (χ0n) is 20.2. The summed E-state index contributed by atoms with van der Waals surface area (Å²) in [5.74, 6) is 0. The standard InChI is InChI=1S/C28H37BO2/c1-7-9-11-20-13-15-22-19-23-16-14-21(12-10-8-2)18-25(23)26(24(22)17-20)29-30-27(3,4)28(5,6)31-29/h13-19H,7-12H2,1-6H3. The lowest BCUT2D eigenvalue weighted by Gasteiger charge is -2.32. The van der Waals surface area contributed by atoms with Crippen LogP contribution in [0.4, 0.5) is 0 Å². The van der Waals surface area contributed by atoms with Crippen molar-refractivity contribution < 1.29 is 9.31 Å². The number of benzene rings is 3. The first-order valence-corrected chi connectivity index (χ1v) is 12.1. The Balaban J connectivity index is 1.93. The van der Waals surface area contributed by atoms with Crippen molar-refractivity contribution >= 4 is 34.1 Å². The summed E-state index contributed by atoms with van der Waals surface area (Å²) in [7, 11) is -0.362. The third kappa shape index (κ3) is 4.27. The fourth-order valence-corrected chi connectivity index (χ4v) is 4.53. The molecular formula is C28H37BO2. The summed E-state index contributed by atoms with van der Waals surface area (Å²) in [5.41, 5.74) is 3.28. The minimum atomic E-state index is -0.362. The molecule has 1 aliphatic heterocycles. The highest BCUT2D eigenvalue weighted by Crippen LogP contribution is 2.38. The maximum Gasteiger partial charge on any atom is 0.496 e. The van der Waals surface area contributed by atoms with Gasteiger partial charge in [0.2, 0.25) is 0 Å². The summed E-state index contributed by atoms with van der Waals surface area (Å²) in [6.07, 6.45) is 7.08. The van der Waals surface area contributed by atoms with Gasteiger partial charge in [-0.05, 0) is 97.6 Å². The van der Waals surface area contributed by atoms with Crippen molar-refractivity contribution in [2.24, 2.45) is 0 Å². The molecule has 0 spiro atoms. The van der Waals surface area contributed by atoms with E-state index in [1.807, 2.05) is 0 Å². The highest BCUT2D eigenvalue weighted by molar-refractivity contribution is 6.68. The van der Waals surface area contributed by atoms with Crippen LogP contribution in [0, 0.1) is 0 Å². The van der Waals surface area contributed by atoms with Crippen LogP contribution in [0.15, 0.2) is 42.5 Å². The molecule has 0 bridgehead atoms. The molecule has 0 saturated carbocycles. The first-order valence-electron chi connectivity index (χ1n) is 12.1. The number of hydrogen-bond donors (Lipinski definition) is 0. The van der Waals surface area contributed by atoms with E-state index in [1.54, 1.807) is 0 Å². The number of aryl methyl sites for hydroxylation is 2. The molecule has 1 heterocycles. The molecule has 0 N–H and O–H groups in total. The third-order valence-corrected chi connectivity index (χ3v) is 7.25. The second-order valence-corrected chi connectivity index (χ2v) is 10.2. The molecule has 2 nitrogen and oxygen atoms in total. The summed E-state index contributed by atoms with van der Waals surface area (Å²) in [5, 5.41) is 5.07. The Morgan fingerprint density at radius 3 is 1.55 bits per heavy atom. The first kappa shape index (κ1) is 22.4. The van der Waals surface area contributed by atoms with Gasteiger partial charge >= 0.3 is 7.12 Å². The normalized spacial score (nSPS) is 17.7. The summed E-state index contributed by atoms with van der Waals surface area (Å²) in [6, 6.07) is 16.2. The molecule has 0 atom stereocenters. The number of unbranched alkanes of at least 4 members (excludes halogenated alkanes) is 2. The Morgan fingerprint density at radius 1 is 0.677 bits per heavy atom.